The number of nitrogens with zero attached hydrogens (tertiary/aromatic N) is 5. The Kier molecular flexibility index (Phi) is 4.04. The Morgan fingerprint density at radius 1 is 1.17 bits per heavy atom. The standard InChI is InChI=1S/C15H21N5O4/c1-9(10(2)21)20-11-12(17(3)15(23)18(4)13(11)22)16-14(20)19-5-7-24-8-6-19/h9H,5-8H2,1-4H3/t9-/m1/s1. The van der Waals surface area contributed by atoms with Gasteiger partial charge in [0.25, 0.3) is 5.56 Å². The molecule has 0 aromatic carbocycles. The molecule has 1 aliphatic rings. The first kappa shape index (κ1) is 16.4. The molecule has 1 atom stereocenters. The third-order valence-electron chi connectivity index (χ3n) is 4.54. The quantitative estimate of drug-likeness (QED) is 0.745. The second kappa shape index (κ2) is 5.90. The highest BCUT2D eigenvalue weighted by molar-refractivity contribution is 5.84. The van der Waals surface area contributed by atoms with Crippen LogP contribution in [-0.2, 0) is 23.6 Å². The van der Waals surface area contributed by atoms with Gasteiger partial charge in [0.2, 0.25) is 5.95 Å². The Balaban J connectivity index is 2.39. The van der Waals surface area contributed by atoms with Gasteiger partial charge < -0.3 is 9.64 Å². The van der Waals surface area contributed by atoms with E-state index >= 15 is 0 Å². The smallest absolute Gasteiger partial charge is 0.332 e. The number of carbonyl (C=O) groups is 1. The van der Waals surface area contributed by atoms with E-state index < -0.39 is 17.3 Å². The van der Waals surface area contributed by atoms with Crippen molar-refractivity contribution in [1.29, 1.82) is 0 Å². The van der Waals surface area contributed by atoms with Crippen molar-refractivity contribution < 1.29 is 9.53 Å². The Morgan fingerprint density at radius 3 is 2.38 bits per heavy atom. The molecule has 0 N–H and O–H groups in total. The topological polar surface area (TPSA) is 91.4 Å². The van der Waals surface area contributed by atoms with Gasteiger partial charge in [0.15, 0.2) is 16.9 Å². The third-order valence-corrected chi connectivity index (χ3v) is 4.54. The first-order valence-corrected chi connectivity index (χ1v) is 7.85. The fourth-order valence-corrected chi connectivity index (χ4v) is 2.94. The van der Waals surface area contributed by atoms with Crippen molar-refractivity contribution >= 4 is 22.9 Å². The molecule has 3 rings (SSSR count). The molecular weight excluding hydrogens is 314 g/mol. The van der Waals surface area contributed by atoms with E-state index in [9.17, 15) is 14.4 Å². The number of aromatic nitrogens is 4. The molecule has 130 valence electrons. The molecule has 0 bridgehead atoms. The minimum absolute atomic E-state index is 0.0836. The van der Waals surface area contributed by atoms with E-state index in [2.05, 4.69) is 4.98 Å². The zero-order chi connectivity index (χ0) is 17.6. The van der Waals surface area contributed by atoms with Crippen LogP contribution in [0.5, 0.6) is 0 Å². The number of ether oxygens (including phenoxy) is 1. The van der Waals surface area contributed by atoms with Gasteiger partial charge in [-0.05, 0) is 13.8 Å². The van der Waals surface area contributed by atoms with Crippen molar-refractivity contribution in [3.05, 3.63) is 20.8 Å². The van der Waals surface area contributed by atoms with Gasteiger partial charge in [0.1, 0.15) is 0 Å². The van der Waals surface area contributed by atoms with E-state index in [1.165, 1.54) is 18.5 Å². The summed E-state index contributed by atoms with van der Waals surface area (Å²) >= 11 is 0. The van der Waals surface area contributed by atoms with Crippen LogP contribution in [0.15, 0.2) is 9.59 Å². The SMILES string of the molecule is CC(=O)[C@@H](C)n1c(N2CCOCC2)nc2c1c(=O)n(C)c(=O)n2C. The summed E-state index contributed by atoms with van der Waals surface area (Å²) in [6, 6.07) is -0.557. The van der Waals surface area contributed by atoms with E-state index in [1.54, 1.807) is 18.5 Å². The minimum Gasteiger partial charge on any atom is -0.378 e. The van der Waals surface area contributed by atoms with Crippen LogP contribution in [0, 0.1) is 0 Å². The van der Waals surface area contributed by atoms with Crippen LogP contribution in [0.4, 0.5) is 5.95 Å². The zero-order valence-corrected chi connectivity index (χ0v) is 14.3. The maximum absolute atomic E-state index is 12.7. The van der Waals surface area contributed by atoms with Gasteiger partial charge >= 0.3 is 5.69 Å². The molecule has 0 saturated carbocycles. The highest BCUT2D eigenvalue weighted by atomic mass is 16.5. The first-order valence-electron chi connectivity index (χ1n) is 7.85. The summed E-state index contributed by atoms with van der Waals surface area (Å²) in [6.07, 6.45) is 0. The largest absolute Gasteiger partial charge is 0.378 e. The third kappa shape index (κ3) is 2.35. The first-order chi connectivity index (χ1) is 11.3. The maximum atomic E-state index is 12.7. The number of Topliss-reactive ketones (excluding diaryl/α,β-unsaturated/α-hetero) is 1. The lowest BCUT2D eigenvalue weighted by Crippen LogP contribution is -2.39. The van der Waals surface area contributed by atoms with Gasteiger partial charge in [-0.2, -0.15) is 4.98 Å². The van der Waals surface area contributed by atoms with E-state index in [0.29, 0.717) is 32.3 Å². The van der Waals surface area contributed by atoms with Crippen LogP contribution in [-0.4, -0.2) is 50.8 Å². The summed E-state index contributed by atoms with van der Waals surface area (Å²) in [7, 11) is 3.00. The minimum atomic E-state index is -0.557. The summed E-state index contributed by atoms with van der Waals surface area (Å²) in [5.74, 6) is 0.439. The molecule has 0 spiro atoms. The number of hydrogen-bond donors (Lipinski definition) is 0. The summed E-state index contributed by atoms with van der Waals surface area (Å²) in [5.41, 5.74) is -0.337. The molecule has 1 aliphatic heterocycles. The molecule has 1 saturated heterocycles. The Morgan fingerprint density at radius 2 is 1.79 bits per heavy atom. The summed E-state index contributed by atoms with van der Waals surface area (Å²) < 4.78 is 9.38. The number of carbonyl (C=O) groups excluding carboxylic acids is 1. The van der Waals surface area contributed by atoms with Crippen molar-refractivity contribution in [2.45, 2.75) is 19.9 Å². The summed E-state index contributed by atoms with van der Waals surface area (Å²) in [5, 5.41) is 0. The Labute approximate surface area is 138 Å². The summed E-state index contributed by atoms with van der Waals surface area (Å²) in [4.78, 5) is 43.4. The van der Waals surface area contributed by atoms with Gasteiger partial charge in [-0.1, -0.05) is 0 Å². The zero-order valence-electron chi connectivity index (χ0n) is 14.3. The number of imidazole rings is 1. The van der Waals surface area contributed by atoms with Gasteiger partial charge in [-0.25, -0.2) is 4.79 Å². The number of morpholine rings is 1. The van der Waals surface area contributed by atoms with Crippen molar-refractivity contribution in [3.63, 3.8) is 0 Å². The highest BCUT2D eigenvalue weighted by Gasteiger charge is 2.27. The predicted octanol–water partition coefficient (Wildman–Crippen LogP) is -0.580. The number of rotatable bonds is 3. The van der Waals surface area contributed by atoms with Crippen molar-refractivity contribution in [2.75, 3.05) is 31.2 Å². The number of aryl methyl sites for hydroxylation is 1. The second-order valence-electron chi connectivity index (χ2n) is 6.05. The van der Waals surface area contributed by atoms with Gasteiger partial charge in [-0.3, -0.25) is 23.3 Å². The lowest BCUT2D eigenvalue weighted by Gasteiger charge is -2.29. The Hall–Kier alpha value is -2.42. The highest BCUT2D eigenvalue weighted by Crippen LogP contribution is 2.25. The van der Waals surface area contributed by atoms with Crippen molar-refractivity contribution in [1.82, 2.24) is 18.7 Å². The number of anilines is 1. The predicted molar refractivity (Wildman–Crippen MR) is 88.6 cm³/mol. The number of fused-ring (bicyclic) bond motifs is 1. The molecule has 0 radical (unpaired) electrons. The van der Waals surface area contributed by atoms with Gasteiger partial charge in [0.05, 0.1) is 19.3 Å². The van der Waals surface area contributed by atoms with E-state index in [-0.39, 0.29) is 16.9 Å². The van der Waals surface area contributed by atoms with Crippen molar-refractivity contribution in [2.24, 2.45) is 14.1 Å². The van der Waals surface area contributed by atoms with Crippen molar-refractivity contribution in [3.8, 4) is 0 Å². The second-order valence-corrected chi connectivity index (χ2v) is 6.05. The average molecular weight is 335 g/mol. The van der Waals surface area contributed by atoms with E-state index in [0.717, 1.165) is 4.57 Å². The van der Waals surface area contributed by atoms with Crippen LogP contribution in [0.2, 0.25) is 0 Å². The van der Waals surface area contributed by atoms with Crippen LogP contribution in [0.25, 0.3) is 11.2 Å². The normalized spacial score (nSPS) is 16.6. The van der Waals surface area contributed by atoms with Crippen LogP contribution >= 0.6 is 0 Å². The molecular formula is C15H21N5O4. The monoisotopic (exact) mass is 335 g/mol. The number of hydrogen-bond acceptors (Lipinski definition) is 6. The molecule has 3 heterocycles. The van der Waals surface area contributed by atoms with Crippen LogP contribution in [0.3, 0.4) is 0 Å². The molecule has 9 heteroatoms. The lowest BCUT2D eigenvalue weighted by atomic mass is 10.2. The summed E-state index contributed by atoms with van der Waals surface area (Å²) in [6.45, 7) is 5.54. The van der Waals surface area contributed by atoms with Crippen LogP contribution in [0.1, 0.15) is 19.9 Å². The van der Waals surface area contributed by atoms with Crippen LogP contribution < -0.4 is 16.1 Å². The molecule has 9 nitrogen and oxygen atoms in total. The molecule has 0 unspecified atom stereocenters. The Bertz CT molecular complexity index is 917. The molecule has 24 heavy (non-hydrogen) atoms. The van der Waals surface area contributed by atoms with Gasteiger partial charge in [0, 0.05) is 27.2 Å². The molecule has 2 aromatic heterocycles. The van der Waals surface area contributed by atoms with E-state index in [1.807, 2.05) is 4.90 Å². The fourth-order valence-electron chi connectivity index (χ4n) is 2.94. The molecule has 0 aliphatic carbocycles. The molecule has 1 fully saturated rings. The lowest BCUT2D eigenvalue weighted by molar-refractivity contribution is -0.119. The van der Waals surface area contributed by atoms with E-state index in [4.69, 9.17) is 4.74 Å². The maximum Gasteiger partial charge on any atom is 0.332 e. The average Bonchev–Trinajstić information content (AvgIpc) is 2.98. The molecule has 0 amide bonds. The number of ketones is 1. The fraction of sp³-hybridized carbons (Fsp3) is 0.600. The van der Waals surface area contributed by atoms with Gasteiger partial charge in [-0.15, -0.1) is 0 Å². The molecule has 2 aromatic rings.